The number of thiophene rings is 1. The van der Waals surface area contributed by atoms with E-state index < -0.39 is 18.4 Å². The van der Waals surface area contributed by atoms with Crippen molar-refractivity contribution in [3.63, 3.8) is 0 Å². The lowest BCUT2D eigenvalue weighted by molar-refractivity contribution is -0.140. The van der Waals surface area contributed by atoms with Crippen LogP contribution >= 0.6 is 11.3 Å². The van der Waals surface area contributed by atoms with E-state index in [2.05, 4.69) is 9.97 Å². The average Bonchev–Trinajstić information content (AvgIpc) is 3.30. The van der Waals surface area contributed by atoms with E-state index in [0.717, 1.165) is 0 Å². The molecule has 2 fully saturated rings. The number of hydrogen-bond donors (Lipinski definition) is 0. The van der Waals surface area contributed by atoms with Crippen molar-refractivity contribution >= 4 is 21.6 Å². The van der Waals surface area contributed by atoms with E-state index in [1.54, 1.807) is 17.0 Å². The SMILES string of the molecule is COc1ccc(-c2csc3c(OC4C5COC4CN(CCC(F)(F)F)C5)ncnc23)c(F)c1. The molecule has 0 spiro atoms. The second-order valence-corrected chi connectivity index (χ2v) is 9.07. The van der Waals surface area contributed by atoms with Crippen molar-refractivity contribution in [3.05, 3.63) is 35.7 Å². The third-order valence-corrected chi connectivity index (χ3v) is 6.99. The van der Waals surface area contributed by atoms with E-state index in [-0.39, 0.29) is 24.7 Å². The van der Waals surface area contributed by atoms with Gasteiger partial charge in [0.2, 0.25) is 5.88 Å². The summed E-state index contributed by atoms with van der Waals surface area (Å²) in [7, 11) is 1.48. The number of rotatable bonds is 6. The first-order valence-corrected chi connectivity index (χ1v) is 11.3. The third-order valence-electron chi connectivity index (χ3n) is 6.03. The Morgan fingerprint density at radius 3 is 2.79 bits per heavy atom. The highest BCUT2D eigenvalue weighted by Gasteiger charge is 2.46. The van der Waals surface area contributed by atoms with Gasteiger partial charge in [0.15, 0.2) is 0 Å². The first-order chi connectivity index (χ1) is 15.8. The van der Waals surface area contributed by atoms with Gasteiger partial charge in [-0.05, 0) is 12.1 Å². The molecular formula is C22H21F4N3O3S. The Labute approximate surface area is 191 Å². The lowest BCUT2D eigenvalue weighted by Gasteiger charge is -2.36. The van der Waals surface area contributed by atoms with Crippen LogP contribution in [-0.4, -0.2) is 66.6 Å². The molecule has 2 aliphatic rings. The van der Waals surface area contributed by atoms with Crippen LogP contribution in [0.3, 0.4) is 0 Å². The van der Waals surface area contributed by atoms with Gasteiger partial charge in [-0.15, -0.1) is 11.3 Å². The summed E-state index contributed by atoms with van der Waals surface area (Å²) >= 11 is 1.35. The number of alkyl halides is 3. The van der Waals surface area contributed by atoms with Gasteiger partial charge in [0.25, 0.3) is 0 Å². The molecule has 6 nitrogen and oxygen atoms in total. The Hall–Kier alpha value is -2.50. The molecule has 2 saturated heterocycles. The van der Waals surface area contributed by atoms with Crippen LogP contribution in [0.25, 0.3) is 21.3 Å². The maximum atomic E-state index is 14.6. The third kappa shape index (κ3) is 4.49. The molecule has 2 bridgehead atoms. The number of aromatic nitrogens is 2. The molecule has 5 rings (SSSR count). The summed E-state index contributed by atoms with van der Waals surface area (Å²) < 4.78 is 70.2. The molecule has 0 saturated carbocycles. The van der Waals surface area contributed by atoms with Crippen LogP contribution in [0.5, 0.6) is 11.6 Å². The highest BCUT2D eigenvalue weighted by atomic mass is 32.1. The van der Waals surface area contributed by atoms with E-state index in [1.807, 2.05) is 5.38 Å². The van der Waals surface area contributed by atoms with Gasteiger partial charge in [0.05, 0.1) is 25.7 Å². The van der Waals surface area contributed by atoms with Crippen LogP contribution in [-0.2, 0) is 4.74 Å². The molecule has 0 amide bonds. The second-order valence-electron chi connectivity index (χ2n) is 8.19. The smallest absolute Gasteiger partial charge is 0.390 e. The maximum absolute atomic E-state index is 14.6. The van der Waals surface area contributed by atoms with Gasteiger partial charge in [0.1, 0.15) is 34.8 Å². The van der Waals surface area contributed by atoms with E-state index in [9.17, 15) is 17.6 Å². The van der Waals surface area contributed by atoms with Crippen molar-refractivity contribution in [2.24, 2.45) is 5.92 Å². The van der Waals surface area contributed by atoms with Crippen molar-refractivity contribution in [1.29, 1.82) is 0 Å². The quantitative estimate of drug-likeness (QED) is 0.480. The Morgan fingerprint density at radius 1 is 1.21 bits per heavy atom. The number of halogens is 4. The number of nitrogens with zero attached hydrogens (tertiary/aromatic N) is 3. The molecule has 3 aromatic rings. The molecule has 3 atom stereocenters. The maximum Gasteiger partial charge on any atom is 0.390 e. The molecule has 3 unspecified atom stereocenters. The number of likely N-dealkylation sites (tertiary alicyclic amines) is 1. The van der Waals surface area contributed by atoms with Crippen LogP contribution in [0, 0.1) is 11.7 Å². The zero-order valence-electron chi connectivity index (χ0n) is 17.6. The Balaban J connectivity index is 1.36. The van der Waals surface area contributed by atoms with E-state index in [4.69, 9.17) is 14.2 Å². The first kappa shape index (κ1) is 22.3. The zero-order chi connectivity index (χ0) is 23.2. The van der Waals surface area contributed by atoms with Gasteiger partial charge >= 0.3 is 6.18 Å². The summed E-state index contributed by atoms with van der Waals surface area (Å²) in [5.74, 6) is 0.319. The minimum absolute atomic E-state index is 0.0496. The number of methoxy groups -OCH3 is 1. The topological polar surface area (TPSA) is 56.7 Å². The highest BCUT2D eigenvalue weighted by Crippen LogP contribution is 2.40. The van der Waals surface area contributed by atoms with Crippen molar-refractivity contribution in [1.82, 2.24) is 14.9 Å². The van der Waals surface area contributed by atoms with Gasteiger partial charge in [-0.2, -0.15) is 13.2 Å². The molecule has 0 N–H and O–H groups in total. The van der Waals surface area contributed by atoms with Gasteiger partial charge in [0, 0.05) is 48.1 Å². The lowest BCUT2D eigenvalue weighted by atomic mass is 9.96. The largest absolute Gasteiger partial charge is 0.497 e. The normalized spacial score (nSPS) is 23.2. The number of ether oxygens (including phenoxy) is 3. The van der Waals surface area contributed by atoms with E-state index in [0.29, 0.717) is 52.7 Å². The van der Waals surface area contributed by atoms with Crippen molar-refractivity contribution in [3.8, 4) is 22.8 Å². The van der Waals surface area contributed by atoms with Gasteiger partial charge in [-0.25, -0.2) is 14.4 Å². The number of benzene rings is 1. The van der Waals surface area contributed by atoms with Crippen LogP contribution in [0.1, 0.15) is 6.42 Å². The van der Waals surface area contributed by atoms with E-state index >= 15 is 0 Å². The number of hydrogen-bond acceptors (Lipinski definition) is 7. The molecule has 33 heavy (non-hydrogen) atoms. The summed E-state index contributed by atoms with van der Waals surface area (Å²) in [6, 6.07) is 4.64. The van der Waals surface area contributed by atoms with Gasteiger partial charge < -0.3 is 14.2 Å². The lowest BCUT2D eigenvalue weighted by Crippen LogP contribution is -2.51. The second kappa shape index (κ2) is 8.69. The Bertz CT molecular complexity index is 1140. The number of piperidine rings is 1. The first-order valence-electron chi connectivity index (χ1n) is 10.5. The zero-order valence-corrected chi connectivity index (χ0v) is 18.5. The minimum Gasteiger partial charge on any atom is -0.497 e. The summed E-state index contributed by atoms with van der Waals surface area (Å²) in [6.45, 7) is 1.22. The highest BCUT2D eigenvalue weighted by molar-refractivity contribution is 7.18. The van der Waals surface area contributed by atoms with Gasteiger partial charge in [-0.3, -0.25) is 4.90 Å². The number of fused-ring (bicyclic) bond motifs is 3. The van der Waals surface area contributed by atoms with Crippen molar-refractivity contribution < 1.29 is 31.8 Å². The summed E-state index contributed by atoms with van der Waals surface area (Å²) in [6.07, 6.45) is -4.30. The van der Waals surface area contributed by atoms with Crippen molar-refractivity contribution in [2.45, 2.75) is 24.8 Å². The standard InChI is InChI=1S/C22H21F4N3O3S/c1-30-13-2-3-14(16(23)6-13)15-10-33-20-18(15)27-11-28-21(20)32-19-12-7-29(5-4-22(24,25)26)8-17(19)31-9-12/h2-3,6,10-12,17,19H,4-5,7-9H2,1H3. The predicted octanol–water partition coefficient (Wildman–Crippen LogP) is 4.54. The molecule has 2 aromatic heterocycles. The van der Waals surface area contributed by atoms with Crippen molar-refractivity contribution in [2.75, 3.05) is 33.4 Å². The summed E-state index contributed by atoms with van der Waals surface area (Å²) in [4.78, 5) is 10.4. The fourth-order valence-electron chi connectivity index (χ4n) is 4.43. The molecule has 176 valence electrons. The van der Waals surface area contributed by atoms with E-state index in [1.165, 1.54) is 30.8 Å². The summed E-state index contributed by atoms with van der Waals surface area (Å²) in [5, 5.41) is 1.81. The molecular weight excluding hydrogens is 462 g/mol. The molecule has 0 radical (unpaired) electrons. The molecule has 0 aliphatic carbocycles. The van der Waals surface area contributed by atoms with Crippen LogP contribution in [0.15, 0.2) is 29.9 Å². The Kier molecular flexibility index (Phi) is 5.87. The molecule has 1 aromatic carbocycles. The predicted molar refractivity (Wildman–Crippen MR) is 114 cm³/mol. The molecule has 4 heterocycles. The molecule has 2 aliphatic heterocycles. The van der Waals surface area contributed by atoms with Crippen LogP contribution in [0.4, 0.5) is 17.6 Å². The fourth-order valence-corrected chi connectivity index (χ4v) is 5.38. The minimum atomic E-state index is -4.18. The van der Waals surface area contributed by atoms with Gasteiger partial charge in [-0.1, -0.05) is 0 Å². The molecule has 11 heteroatoms. The monoisotopic (exact) mass is 483 g/mol. The fraction of sp³-hybridized carbons (Fsp3) is 0.455. The Morgan fingerprint density at radius 2 is 2.06 bits per heavy atom. The average molecular weight is 483 g/mol. The van der Waals surface area contributed by atoms with Crippen LogP contribution in [0.2, 0.25) is 0 Å². The van der Waals surface area contributed by atoms with Crippen LogP contribution < -0.4 is 9.47 Å². The summed E-state index contributed by atoms with van der Waals surface area (Å²) in [5.41, 5.74) is 1.60.